The molecule has 0 spiro atoms. The van der Waals surface area contributed by atoms with Gasteiger partial charge in [0.15, 0.2) is 0 Å². The van der Waals surface area contributed by atoms with Crippen molar-refractivity contribution in [3.8, 4) is 0 Å². The fourth-order valence-electron chi connectivity index (χ4n) is 2.07. The van der Waals surface area contributed by atoms with Crippen molar-refractivity contribution in [1.29, 1.82) is 0 Å². The second-order valence-corrected chi connectivity index (χ2v) is 5.60. The predicted octanol–water partition coefficient (Wildman–Crippen LogP) is 3.51. The van der Waals surface area contributed by atoms with E-state index in [2.05, 4.69) is 41.5 Å². The third kappa shape index (κ3) is 5.42. The summed E-state index contributed by atoms with van der Waals surface area (Å²) in [5, 5.41) is 9.19. The van der Waals surface area contributed by atoms with E-state index in [9.17, 15) is 5.11 Å². The first-order valence-corrected chi connectivity index (χ1v) is 8.20. The molecule has 1 N–H and O–H groups in total. The Morgan fingerprint density at radius 3 is 2.67 bits per heavy atom. The van der Waals surface area contributed by atoms with E-state index in [1.165, 1.54) is 10.5 Å². The van der Waals surface area contributed by atoms with E-state index >= 15 is 0 Å². The van der Waals surface area contributed by atoms with Crippen LogP contribution >= 0.6 is 11.8 Å². The molecule has 0 saturated heterocycles. The van der Waals surface area contributed by atoms with Gasteiger partial charge in [-0.2, -0.15) is 0 Å². The normalized spacial score (nSPS) is 11.6. The molecule has 3 nitrogen and oxygen atoms in total. The number of aliphatic hydroxyl groups excluding tert-OH is 1. The van der Waals surface area contributed by atoms with Crippen molar-refractivity contribution in [3.63, 3.8) is 0 Å². The van der Waals surface area contributed by atoms with Gasteiger partial charge in [0.1, 0.15) is 5.76 Å². The number of hydrogen-bond acceptors (Lipinski definition) is 4. The van der Waals surface area contributed by atoms with Gasteiger partial charge in [0.2, 0.25) is 0 Å². The van der Waals surface area contributed by atoms with Crippen LogP contribution < -0.4 is 0 Å². The largest absolute Gasteiger partial charge is 0.465 e. The molecule has 0 bridgehead atoms. The first kappa shape index (κ1) is 15.9. The monoisotopic (exact) mass is 303 g/mol. The molecule has 1 heterocycles. The van der Waals surface area contributed by atoms with Crippen molar-refractivity contribution >= 4 is 17.8 Å². The van der Waals surface area contributed by atoms with Crippen molar-refractivity contribution in [2.45, 2.75) is 11.4 Å². The quantitative estimate of drug-likeness (QED) is 0.757. The average molecular weight is 303 g/mol. The van der Waals surface area contributed by atoms with Crippen LogP contribution in [0.3, 0.4) is 0 Å². The van der Waals surface area contributed by atoms with Gasteiger partial charge < -0.3 is 9.52 Å². The fourth-order valence-corrected chi connectivity index (χ4v) is 2.48. The highest BCUT2D eigenvalue weighted by Crippen LogP contribution is 2.16. The van der Waals surface area contributed by atoms with Gasteiger partial charge in [-0.3, -0.25) is 4.90 Å². The van der Waals surface area contributed by atoms with E-state index in [1.54, 1.807) is 18.0 Å². The summed E-state index contributed by atoms with van der Waals surface area (Å²) < 4.78 is 5.26. The molecule has 0 aliphatic rings. The number of aliphatic hydroxyl groups is 1. The summed E-state index contributed by atoms with van der Waals surface area (Å²) in [4.78, 5) is 3.47. The van der Waals surface area contributed by atoms with E-state index in [0.717, 1.165) is 18.8 Å². The Kier molecular flexibility index (Phi) is 6.60. The molecule has 1 aromatic heterocycles. The Bertz CT molecular complexity index is 534. The molecule has 0 aliphatic carbocycles. The summed E-state index contributed by atoms with van der Waals surface area (Å²) in [5.41, 5.74) is 1.26. The maximum Gasteiger partial charge on any atom is 0.126 e. The summed E-state index contributed by atoms with van der Waals surface area (Å²) in [6.07, 6.45) is 7.76. The van der Waals surface area contributed by atoms with Crippen LogP contribution in [0.25, 0.3) is 6.08 Å². The molecular formula is C17H21NO2S. The number of benzene rings is 1. The van der Waals surface area contributed by atoms with Crippen LogP contribution in [0.15, 0.2) is 58.1 Å². The minimum Gasteiger partial charge on any atom is -0.465 e. The van der Waals surface area contributed by atoms with Crippen molar-refractivity contribution in [3.05, 3.63) is 60.1 Å². The maximum atomic E-state index is 9.19. The smallest absolute Gasteiger partial charge is 0.126 e. The average Bonchev–Trinajstić information content (AvgIpc) is 3.01. The molecule has 0 radical (unpaired) electrons. The lowest BCUT2D eigenvalue weighted by Crippen LogP contribution is -2.26. The molecule has 0 fully saturated rings. The van der Waals surface area contributed by atoms with Crippen molar-refractivity contribution < 1.29 is 9.52 Å². The Balaban J connectivity index is 1.91. The van der Waals surface area contributed by atoms with Gasteiger partial charge in [-0.1, -0.05) is 18.2 Å². The Labute approximate surface area is 130 Å². The maximum absolute atomic E-state index is 9.19. The number of furan rings is 1. The first-order chi connectivity index (χ1) is 10.3. The van der Waals surface area contributed by atoms with Gasteiger partial charge in [-0.15, -0.1) is 11.8 Å². The molecular weight excluding hydrogens is 282 g/mol. The van der Waals surface area contributed by atoms with E-state index in [4.69, 9.17) is 4.42 Å². The van der Waals surface area contributed by atoms with E-state index in [-0.39, 0.29) is 6.61 Å². The lowest BCUT2D eigenvalue weighted by Gasteiger charge is -2.19. The Morgan fingerprint density at radius 2 is 2.05 bits per heavy atom. The van der Waals surface area contributed by atoms with Gasteiger partial charge in [-0.05, 0) is 42.2 Å². The highest BCUT2D eigenvalue weighted by atomic mass is 32.2. The summed E-state index contributed by atoms with van der Waals surface area (Å²) in [7, 11) is 0. The zero-order chi connectivity index (χ0) is 14.9. The number of nitrogens with zero attached hydrogens (tertiary/aromatic N) is 1. The van der Waals surface area contributed by atoms with Gasteiger partial charge in [-0.25, -0.2) is 0 Å². The molecule has 0 atom stereocenters. The lowest BCUT2D eigenvalue weighted by atomic mass is 10.2. The molecule has 1 aromatic carbocycles. The molecule has 0 saturated carbocycles. The fraction of sp³-hybridized carbons (Fsp3) is 0.294. The minimum absolute atomic E-state index is 0.164. The molecule has 112 valence electrons. The van der Waals surface area contributed by atoms with Gasteiger partial charge in [0.25, 0.3) is 0 Å². The first-order valence-electron chi connectivity index (χ1n) is 6.98. The van der Waals surface area contributed by atoms with Crippen molar-refractivity contribution in [1.82, 2.24) is 4.90 Å². The highest BCUT2D eigenvalue weighted by molar-refractivity contribution is 7.98. The van der Waals surface area contributed by atoms with Crippen molar-refractivity contribution in [2.75, 3.05) is 26.0 Å². The van der Waals surface area contributed by atoms with E-state index in [1.807, 2.05) is 18.2 Å². The SMILES string of the molecule is CSc1ccc(CN(CC=Cc2ccco2)CCO)cc1. The van der Waals surface area contributed by atoms with Crippen molar-refractivity contribution in [2.24, 2.45) is 0 Å². The van der Waals surface area contributed by atoms with Crippen LogP contribution in [0.4, 0.5) is 0 Å². The number of thioether (sulfide) groups is 1. The number of hydrogen-bond donors (Lipinski definition) is 1. The van der Waals surface area contributed by atoms with Gasteiger partial charge in [0, 0.05) is 24.5 Å². The molecule has 0 aliphatic heterocycles. The van der Waals surface area contributed by atoms with Crippen LogP contribution in [0, 0.1) is 0 Å². The van der Waals surface area contributed by atoms with Crippen LogP contribution in [0.5, 0.6) is 0 Å². The summed E-state index contributed by atoms with van der Waals surface area (Å²) in [6.45, 7) is 2.44. The zero-order valence-corrected chi connectivity index (χ0v) is 13.1. The minimum atomic E-state index is 0.164. The second kappa shape index (κ2) is 8.72. The Morgan fingerprint density at radius 1 is 1.24 bits per heavy atom. The summed E-state index contributed by atoms with van der Waals surface area (Å²) in [5.74, 6) is 0.850. The standard InChI is InChI=1S/C17H21NO2S/c1-21-17-8-6-15(7-9-17)14-18(11-12-19)10-2-4-16-5-3-13-20-16/h2-9,13,19H,10-12,14H2,1H3. The zero-order valence-electron chi connectivity index (χ0n) is 12.2. The number of rotatable bonds is 8. The predicted molar refractivity (Wildman–Crippen MR) is 88.3 cm³/mol. The lowest BCUT2D eigenvalue weighted by molar-refractivity contribution is 0.203. The third-order valence-electron chi connectivity index (χ3n) is 3.17. The van der Waals surface area contributed by atoms with Gasteiger partial charge >= 0.3 is 0 Å². The molecule has 21 heavy (non-hydrogen) atoms. The molecule has 2 aromatic rings. The van der Waals surface area contributed by atoms with E-state index in [0.29, 0.717) is 6.54 Å². The summed E-state index contributed by atoms with van der Waals surface area (Å²) >= 11 is 1.74. The van der Waals surface area contributed by atoms with Crippen LogP contribution in [-0.2, 0) is 6.54 Å². The molecule has 0 amide bonds. The van der Waals surface area contributed by atoms with Gasteiger partial charge in [0.05, 0.1) is 12.9 Å². The molecule has 4 heteroatoms. The van der Waals surface area contributed by atoms with Crippen LogP contribution in [0.1, 0.15) is 11.3 Å². The molecule has 2 rings (SSSR count). The van der Waals surface area contributed by atoms with Crippen LogP contribution in [-0.4, -0.2) is 36.0 Å². The second-order valence-electron chi connectivity index (χ2n) is 4.72. The molecule has 0 unspecified atom stereocenters. The topological polar surface area (TPSA) is 36.6 Å². The summed E-state index contributed by atoms with van der Waals surface area (Å²) in [6, 6.07) is 12.4. The van der Waals surface area contributed by atoms with Crippen LogP contribution in [0.2, 0.25) is 0 Å². The third-order valence-corrected chi connectivity index (χ3v) is 3.91. The Hall–Kier alpha value is -1.49. The highest BCUT2D eigenvalue weighted by Gasteiger charge is 2.04. The van der Waals surface area contributed by atoms with E-state index < -0.39 is 0 Å².